The van der Waals surface area contributed by atoms with Gasteiger partial charge in [0.05, 0.1) is 0 Å². The van der Waals surface area contributed by atoms with E-state index in [4.69, 9.17) is 0 Å². The van der Waals surface area contributed by atoms with Gasteiger partial charge in [-0.1, -0.05) is 13.8 Å². The Morgan fingerprint density at radius 2 is 1.90 bits per heavy atom. The van der Waals surface area contributed by atoms with Crippen LogP contribution in [0.25, 0.3) is 0 Å². The van der Waals surface area contributed by atoms with Gasteiger partial charge < -0.3 is 15.5 Å². The fraction of sp³-hybridized carbons (Fsp3) is 0.750. The molecule has 0 radical (unpaired) electrons. The van der Waals surface area contributed by atoms with E-state index >= 15 is 0 Å². The third kappa shape index (κ3) is 4.30. The molecule has 1 fully saturated rings. The Bertz CT molecular complexity index is 460. The summed E-state index contributed by atoms with van der Waals surface area (Å²) < 4.78 is 0. The number of nitrogens with one attached hydrogen (secondary N) is 2. The van der Waals surface area contributed by atoms with Crippen LogP contribution in [0.5, 0.6) is 0 Å². The zero-order chi connectivity index (χ0) is 15.2. The van der Waals surface area contributed by atoms with Gasteiger partial charge in [-0.05, 0) is 39.3 Å². The Kier molecular flexibility index (Phi) is 5.79. The lowest BCUT2D eigenvalue weighted by Crippen LogP contribution is -2.20. The van der Waals surface area contributed by atoms with Gasteiger partial charge >= 0.3 is 0 Å². The van der Waals surface area contributed by atoms with E-state index in [1.807, 2.05) is 0 Å². The van der Waals surface area contributed by atoms with E-state index < -0.39 is 0 Å². The van der Waals surface area contributed by atoms with Crippen molar-refractivity contribution in [2.24, 2.45) is 5.92 Å². The van der Waals surface area contributed by atoms with Crippen LogP contribution in [-0.2, 0) is 6.42 Å². The van der Waals surface area contributed by atoms with Gasteiger partial charge in [-0.15, -0.1) is 0 Å². The molecule has 118 valence electrons. The predicted molar refractivity (Wildman–Crippen MR) is 89.0 cm³/mol. The monoisotopic (exact) mass is 291 g/mol. The van der Waals surface area contributed by atoms with Crippen molar-refractivity contribution in [1.29, 1.82) is 0 Å². The number of anilines is 2. The number of rotatable bonds is 7. The molecule has 5 heteroatoms. The van der Waals surface area contributed by atoms with Crippen molar-refractivity contribution in [1.82, 2.24) is 14.9 Å². The van der Waals surface area contributed by atoms with Crippen LogP contribution in [0, 0.1) is 12.8 Å². The third-order valence-electron chi connectivity index (χ3n) is 4.10. The van der Waals surface area contributed by atoms with Crippen molar-refractivity contribution in [3.63, 3.8) is 0 Å². The van der Waals surface area contributed by atoms with Gasteiger partial charge in [-0.25, -0.2) is 9.97 Å². The van der Waals surface area contributed by atoms with Crippen molar-refractivity contribution >= 4 is 11.6 Å². The zero-order valence-electron chi connectivity index (χ0n) is 13.9. The molecule has 1 saturated heterocycles. The summed E-state index contributed by atoms with van der Waals surface area (Å²) in [6.07, 6.45) is 3.24. The van der Waals surface area contributed by atoms with Gasteiger partial charge in [-0.2, -0.15) is 0 Å². The quantitative estimate of drug-likeness (QED) is 0.808. The van der Waals surface area contributed by atoms with E-state index in [-0.39, 0.29) is 0 Å². The van der Waals surface area contributed by atoms with Gasteiger partial charge in [-0.3, -0.25) is 0 Å². The second-order valence-corrected chi connectivity index (χ2v) is 6.04. The highest BCUT2D eigenvalue weighted by Gasteiger charge is 2.20. The topological polar surface area (TPSA) is 53.1 Å². The Hall–Kier alpha value is -1.36. The smallest absolute Gasteiger partial charge is 0.134 e. The SMILES string of the molecule is CCCNc1nc(CC)nc(NCC2CCN(C)C2)c1C. The van der Waals surface area contributed by atoms with Crippen LogP contribution in [0.1, 0.15) is 38.1 Å². The maximum Gasteiger partial charge on any atom is 0.134 e. The summed E-state index contributed by atoms with van der Waals surface area (Å²) in [5.74, 6) is 3.61. The van der Waals surface area contributed by atoms with Crippen LogP contribution in [0.15, 0.2) is 0 Å². The summed E-state index contributed by atoms with van der Waals surface area (Å²) in [5, 5.41) is 6.96. The molecule has 1 aromatic rings. The Morgan fingerprint density at radius 3 is 2.48 bits per heavy atom. The molecular formula is C16H29N5. The minimum absolute atomic E-state index is 0.724. The number of aromatic nitrogens is 2. The van der Waals surface area contributed by atoms with Crippen LogP contribution in [-0.4, -0.2) is 48.1 Å². The standard InChI is InChI=1S/C16H29N5/c1-5-8-17-15-12(3)16(20-14(6-2)19-15)18-10-13-7-9-21(4)11-13/h13H,5-11H2,1-4H3,(H2,17,18,19,20). The summed E-state index contributed by atoms with van der Waals surface area (Å²) >= 11 is 0. The molecule has 1 atom stereocenters. The molecule has 0 aromatic carbocycles. The first-order valence-electron chi connectivity index (χ1n) is 8.17. The van der Waals surface area contributed by atoms with E-state index in [1.54, 1.807) is 0 Å². The lowest BCUT2D eigenvalue weighted by Gasteiger charge is -2.17. The Morgan fingerprint density at radius 1 is 1.19 bits per heavy atom. The van der Waals surface area contributed by atoms with E-state index in [0.717, 1.165) is 54.9 Å². The molecule has 1 aliphatic heterocycles. The Labute approximate surface area is 128 Å². The molecule has 1 aromatic heterocycles. The summed E-state index contributed by atoms with van der Waals surface area (Å²) in [7, 11) is 2.19. The summed E-state index contributed by atoms with van der Waals surface area (Å²) in [6, 6.07) is 0. The van der Waals surface area contributed by atoms with Gasteiger partial charge in [0.15, 0.2) is 0 Å². The maximum absolute atomic E-state index is 4.66. The molecule has 1 aliphatic rings. The minimum Gasteiger partial charge on any atom is -0.370 e. The first-order valence-corrected chi connectivity index (χ1v) is 8.17. The van der Waals surface area contributed by atoms with Crippen LogP contribution in [0.3, 0.4) is 0 Å². The van der Waals surface area contributed by atoms with E-state index in [2.05, 4.69) is 53.3 Å². The minimum atomic E-state index is 0.724. The van der Waals surface area contributed by atoms with Crippen LogP contribution in [0.4, 0.5) is 11.6 Å². The van der Waals surface area contributed by atoms with Crippen molar-refractivity contribution in [3.8, 4) is 0 Å². The fourth-order valence-electron chi connectivity index (χ4n) is 2.74. The highest BCUT2D eigenvalue weighted by Crippen LogP contribution is 2.22. The molecule has 0 amide bonds. The van der Waals surface area contributed by atoms with Crippen LogP contribution >= 0.6 is 0 Å². The highest BCUT2D eigenvalue weighted by atomic mass is 15.1. The summed E-state index contributed by atoms with van der Waals surface area (Å²) in [6.45, 7) is 10.7. The molecule has 5 nitrogen and oxygen atoms in total. The predicted octanol–water partition coefficient (Wildman–Crippen LogP) is 2.53. The molecule has 2 N–H and O–H groups in total. The van der Waals surface area contributed by atoms with E-state index in [9.17, 15) is 0 Å². The molecule has 0 bridgehead atoms. The number of hydrogen-bond acceptors (Lipinski definition) is 5. The second kappa shape index (κ2) is 7.59. The summed E-state index contributed by atoms with van der Waals surface area (Å²) in [5.41, 5.74) is 1.13. The molecule has 21 heavy (non-hydrogen) atoms. The molecular weight excluding hydrogens is 262 g/mol. The number of nitrogens with zero attached hydrogens (tertiary/aromatic N) is 3. The molecule has 1 unspecified atom stereocenters. The molecule has 0 saturated carbocycles. The lowest BCUT2D eigenvalue weighted by molar-refractivity contribution is 0.399. The third-order valence-corrected chi connectivity index (χ3v) is 4.10. The average molecular weight is 291 g/mol. The van der Waals surface area contributed by atoms with Crippen molar-refractivity contribution in [3.05, 3.63) is 11.4 Å². The number of hydrogen-bond donors (Lipinski definition) is 2. The molecule has 0 spiro atoms. The van der Waals surface area contributed by atoms with E-state index in [1.165, 1.54) is 19.5 Å². The van der Waals surface area contributed by atoms with Crippen LogP contribution < -0.4 is 10.6 Å². The van der Waals surface area contributed by atoms with Gasteiger partial charge in [0, 0.05) is 31.6 Å². The summed E-state index contributed by atoms with van der Waals surface area (Å²) in [4.78, 5) is 11.7. The van der Waals surface area contributed by atoms with Gasteiger partial charge in [0.1, 0.15) is 17.5 Å². The largest absolute Gasteiger partial charge is 0.370 e. The lowest BCUT2D eigenvalue weighted by atomic mass is 10.1. The first-order chi connectivity index (χ1) is 10.1. The van der Waals surface area contributed by atoms with Crippen molar-refractivity contribution in [2.45, 2.75) is 40.0 Å². The number of aryl methyl sites for hydroxylation is 1. The normalized spacial score (nSPS) is 19.0. The van der Waals surface area contributed by atoms with Crippen molar-refractivity contribution in [2.75, 3.05) is 43.9 Å². The fourth-order valence-corrected chi connectivity index (χ4v) is 2.74. The second-order valence-electron chi connectivity index (χ2n) is 6.04. The average Bonchev–Trinajstić information content (AvgIpc) is 2.90. The van der Waals surface area contributed by atoms with E-state index in [0.29, 0.717) is 0 Å². The highest BCUT2D eigenvalue weighted by molar-refractivity contribution is 5.57. The zero-order valence-corrected chi connectivity index (χ0v) is 13.9. The molecule has 2 heterocycles. The molecule has 0 aliphatic carbocycles. The maximum atomic E-state index is 4.66. The van der Waals surface area contributed by atoms with Crippen molar-refractivity contribution < 1.29 is 0 Å². The van der Waals surface area contributed by atoms with Gasteiger partial charge in [0.25, 0.3) is 0 Å². The number of likely N-dealkylation sites (tertiary alicyclic amines) is 1. The van der Waals surface area contributed by atoms with Gasteiger partial charge in [0.2, 0.25) is 0 Å². The molecule has 2 rings (SSSR count). The Balaban J connectivity index is 2.06. The first kappa shape index (κ1) is 16.0. The van der Waals surface area contributed by atoms with Crippen LogP contribution in [0.2, 0.25) is 0 Å².